The Labute approximate surface area is 166 Å². The lowest BCUT2D eigenvalue weighted by molar-refractivity contribution is -0.0533. The van der Waals surface area contributed by atoms with Gasteiger partial charge >= 0.3 is 0 Å². The van der Waals surface area contributed by atoms with Crippen molar-refractivity contribution in [2.24, 2.45) is 5.73 Å². The van der Waals surface area contributed by atoms with Gasteiger partial charge in [0, 0.05) is 41.9 Å². The maximum Gasteiger partial charge on any atom is 0.241 e. The summed E-state index contributed by atoms with van der Waals surface area (Å²) in [5.74, 6) is -2.19. The van der Waals surface area contributed by atoms with Crippen LogP contribution >= 0.6 is 0 Å². The molecule has 1 aromatic heterocycles. The number of benzene rings is 1. The van der Waals surface area contributed by atoms with Crippen LogP contribution < -0.4 is 5.73 Å². The van der Waals surface area contributed by atoms with Crippen LogP contribution in [0.2, 0.25) is 0 Å². The Kier molecular flexibility index (Phi) is 4.80. The molecule has 0 aliphatic carbocycles. The van der Waals surface area contributed by atoms with Crippen LogP contribution in [-0.4, -0.2) is 52.4 Å². The third-order valence-electron chi connectivity index (χ3n) is 5.53. The fourth-order valence-corrected chi connectivity index (χ4v) is 4.98. The lowest BCUT2D eigenvalue weighted by atomic mass is 9.93. The van der Waals surface area contributed by atoms with Crippen molar-refractivity contribution in [1.29, 1.82) is 0 Å². The first-order valence-electron chi connectivity index (χ1n) is 8.99. The number of aromatic hydroxyl groups is 2. The van der Waals surface area contributed by atoms with Crippen LogP contribution in [0, 0.1) is 11.6 Å². The zero-order valence-electron chi connectivity index (χ0n) is 15.5. The van der Waals surface area contributed by atoms with E-state index in [2.05, 4.69) is 0 Å². The molecule has 2 aromatic rings. The molecular weight excluding hydrogens is 408 g/mol. The van der Waals surface area contributed by atoms with Gasteiger partial charge in [0.1, 0.15) is 17.7 Å². The summed E-state index contributed by atoms with van der Waals surface area (Å²) in [5.41, 5.74) is 6.92. The van der Waals surface area contributed by atoms with Gasteiger partial charge < -0.3 is 20.7 Å². The predicted octanol–water partition coefficient (Wildman–Crippen LogP) is 1.16. The molecule has 3 heterocycles. The second-order valence-electron chi connectivity index (χ2n) is 7.51. The summed E-state index contributed by atoms with van der Waals surface area (Å²) in [7, 11) is -3.85. The molecule has 11 heteroatoms. The summed E-state index contributed by atoms with van der Waals surface area (Å²) < 4.78 is 57.4. The molecule has 29 heavy (non-hydrogen) atoms. The second-order valence-corrected chi connectivity index (χ2v) is 9.34. The highest BCUT2D eigenvalue weighted by atomic mass is 32.2. The summed E-state index contributed by atoms with van der Waals surface area (Å²) in [4.78, 5) is 1.90. The van der Waals surface area contributed by atoms with E-state index in [4.69, 9.17) is 10.5 Å². The van der Waals surface area contributed by atoms with Gasteiger partial charge in [-0.2, -0.15) is 3.97 Å². The average Bonchev–Trinajstić information content (AvgIpc) is 3.17. The van der Waals surface area contributed by atoms with Crippen molar-refractivity contribution in [3.8, 4) is 11.8 Å². The normalized spacial score (nSPS) is 25.3. The minimum atomic E-state index is -3.85. The van der Waals surface area contributed by atoms with E-state index in [1.165, 1.54) is 0 Å². The Morgan fingerprint density at radius 1 is 1.17 bits per heavy atom. The van der Waals surface area contributed by atoms with Gasteiger partial charge in [-0.25, -0.2) is 17.2 Å². The van der Waals surface area contributed by atoms with E-state index < -0.39 is 45.6 Å². The molecule has 3 atom stereocenters. The molecule has 0 amide bonds. The topological polar surface area (TPSA) is 118 Å². The molecule has 0 saturated carbocycles. The monoisotopic (exact) mass is 429 g/mol. The minimum Gasteiger partial charge on any atom is -0.493 e. The smallest absolute Gasteiger partial charge is 0.241 e. The van der Waals surface area contributed by atoms with Crippen LogP contribution in [0.3, 0.4) is 0 Å². The summed E-state index contributed by atoms with van der Waals surface area (Å²) in [6.07, 6.45) is 0.516. The van der Waals surface area contributed by atoms with Crippen molar-refractivity contribution in [2.45, 2.75) is 37.7 Å². The van der Waals surface area contributed by atoms with E-state index in [1.54, 1.807) is 0 Å². The number of halogens is 2. The lowest BCUT2D eigenvalue weighted by Gasteiger charge is -2.38. The van der Waals surface area contributed by atoms with Gasteiger partial charge in [0.05, 0.1) is 12.9 Å². The van der Waals surface area contributed by atoms with Crippen LogP contribution in [0.4, 0.5) is 8.78 Å². The Morgan fingerprint density at radius 3 is 2.34 bits per heavy atom. The van der Waals surface area contributed by atoms with Crippen molar-refractivity contribution < 1.29 is 32.1 Å². The van der Waals surface area contributed by atoms with Crippen molar-refractivity contribution in [3.05, 3.63) is 46.5 Å². The number of fused-ring (bicyclic) bond motifs is 1. The Balaban J connectivity index is 1.51. The largest absolute Gasteiger partial charge is 0.493 e. The van der Waals surface area contributed by atoms with E-state index in [-0.39, 0.29) is 31.3 Å². The first kappa shape index (κ1) is 20.1. The van der Waals surface area contributed by atoms with Crippen molar-refractivity contribution in [3.63, 3.8) is 0 Å². The maximum atomic E-state index is 14.1. The number of rotatable bonds is 3. The van der Waals surface area contributed by atoms with E-state index >= 15 is 0 Å². The molecule has 4 N–H and O–H groups in total. The fraction of sp³-hybridized carbons (Fsp3) is 0.444. The average molecular weight is 429 g/mol. The molecular formula is C18H21F2N3O5S. The SMILES string of the molecule is CS(=O)(=O)n1c(O)c2c(c1O)CN([C@H]1CO[C@H](c3cc(F)ccc3F)[C@@H](N)C1)C2. The van der Waals surface area contributed by atoms with E-state index in [9.17, 15) is 27.4 Å². The van der Waals surface area contributed by atoms with E-state index in [0.717, 1.165) is 24.5 Å². The van der Waals surface area contributed by atoms with Crippen LogP contribution in [0.5, 0.6) is 11.8 Å². The molecule has 0 spiro atoms. The van der Waals surface area contributed by atoms with Crippen LogP contribution in [0.25, 0.3) is 0 Å². The molecule has 2 aliphatic rings. The van der Waals surface area contributed by atoms with Crippen LogP contribution in [-0.2, 0) is 27.8 Å². The van der Waals surface area contributed by atoms with Crippen LogP contribution in [0.1, 0.15) is 29.2 Å². The van der Waals surface area contributed by atoms with Crippen molar-refractivity contribution in [1.82, 2.24) is 8.87 Å². The van der Waals surface area contributed by atoms with Crippen molar-refractivity contribution >= 4 is 10.0 Å². The quantitative estimate of drug-likeness (QED) is 0.670. The van der Waals surface area contributed by atoms with E-state index in [1.807, 2.05) is 4.90 Å². The number of ether oxygens (including phenoxy) is 1. The highest BCUT2D eigenvalue weighted by molar-refractivity contribution is 7.89. The summed E-state index contributed by atoms with van der Waals surface area (Å²) in [5, 5.41) is 20.5. The molecule has 1 fully saturated rings. The highest BCUT2D eigenvalue weighted by Gasteiger charge is 2.40. The highest BCUT2D eigenvalue weighted by Crippen LogP contribution is 2.42. The molecule has 8 nitrogen and oxygen atoms in total. The third kappa shape index (κ3) is 3.37. The fourth-order valence-electron chi connectivity index (χ4n) is 4.13. The van der Waals surface area contributed by atoms with Gasteiger partial charge in [-0.3, -0.25) is 4.90 Å². The number of hydrogen-bond acceptors (Lipinski definition) is 7. The molecule has 2 aliphatic heterocycles. The molecule has 4 rings (SSSR count). The Hall–Kier alpha value is -2.21. The van der Waals surface area contributed by atoms with Gasteiger partial charge in [-0.05, 0) is 24.6 Å². The Morgan fingerprint density at radius 2 is 1.79 bits per heavy atom. The molecule has 1 saturated heterocycles. The molecule has 0 unspecified atom stereocenters. The van der Waals surface area contributed by atoms with Gasteiger partial charge in [-0.15, -0.1) is 0 Å². The van der Waals surface area contributed by atoms with Gasteiger partial charge in [0.2, 0.25) is 21.8 Å². The molecule has 158 valence electrons. The van der Waals surface area contributed by atoms with Crippen LogP contribution in [0.15, 0.2) is 18.2 Å². The van der Waals surface area contributed by atoms with Crippen molar-refractivity contribution in [2.75, 3.05) is 12.9 Å². The van der Waals surface area contributed by atoms with E-state index in [0.29, 0.717) is 21.5 Å². The van der Waals surface area contributed by atoms with Gasteiger partial charge in [-0.1, -0.05) is 0 Å². The third-order valence-corrected chi connectivity index (χ3v) is 6.53. The lowest BCUT2D eigenvalue weighted by Crippen LogP contribution is -2.47. The summed E-state index contributed by atoms with van der Waals surface area (Å²) in [6, 6.07) is 2.34. The molecule has 1 aromatic carbocycles. The standard InChI is InChI=1S/C18H21F2N3O5S/c1-29(26,27)23-17(24)12-6-22(7-13(12)18(23)25)10-5-15(21)16(28-8-10)11-4-9(19)2-3-14(11)20/h2-4,10,15-16,24-25H,5-8,21H2,1H3/t10-,15+,16-/m1/s1. The maximum absolute atomic E-state index is 14.1. The van der Waals surface area contributed by atoms with Gasteiger partial charge in [0.25, 0.3) is 0 Å². The minimum absolute atomic E-state index is 0.0683. The number of nitrogens with zero attached hydrogens (tertiary/aromatic N) is 2. The van der Waals surface area contributed by atoms with Gasteiger partial charge in [0.15, 0.2) is 0 Å². The first-order chi connectivity index (χ1) is 13.6. The molecule has 0 bridgehead atoms. The summed E-state index contributed by atoms with van der Waals surface area (Å²) in [6.45, 7) is 0.597. The predicted molar refractivity (Wildman–Crippen MR) is 98.7 cm³/mol. The molecule has 0 radical (unpaired) electrons. The number of aromatic nitrogens is 1. The first-order valence-corrected chi connectivity index (χ1v) is 10.8. The number of nitrogens with two attached hydrogens (primary N) is 1. The summed E-state index contributed by atoms with van der Waals surface area (Å²) >= 11 is 0. The zero-order chi connectivity index (χ0) is 21.1. The second kappa shape index (κ2) is 6.94. The zero-order valence-corrected chi connectivity index (χ0v) is 16.4. The number of hydrogen-bond donors (Lipinski definition) is 3. The Bertz CT molecular complexity index is 1040.